The van der Waals surface area contributed by atoms with Gasteiger partial charge in [-0.3, -0.25) is 0 Å². The molecule has 0 amide bonds. The standard InChI is InChI=1S/C21H18ClO2P/c1-16-6-5-7-18(21(16)22)13-10-17-11-14-20(15-12-17)24-25-23-19-8-3-2-4-9-19/h2-15,25H,1H3/b13-10+. The van der Waals surface area contributed by atoms with E-state index in [0.717, 1.165) is 33.2 Å². The zero-order valence-electron chi connectivity index (χ0n) is 13.8. The minimum atomic E-state index is -0.0763. The maximum Gasteiger partial charge on any atom is 0.275 e. The Hall–Kier alpha value is -2.28. The van der Waals surface area contributed by atoms with Gasteiger partial charge in [-0.1, -0.05) is 72.3 Å². The molecule has 0 radical (unpaired) electrons. The first kappa shape index (κ1) is 17.5. The predicted octanol–water partition coefficient (Wildman–Crippen LogP) is 6.79. The predicted molar refractivity (Wildman–Crippen MR) is 108 cm³/mol. The maximum atomic E-state index is 6.31. The van der Waals surface area contributed by atoms with Gasteiger partial charge in [0.15, 0.2) is 0 Å². The lowest BCUT2D eigenvalue weighted by Gasteiger charge is -2.07. The Morgan fingerprint density at radius 2 is 1.44 bits per heavy atom. The fourth-order valence-corrected chi connectivity index (χ4v) is 2.93. The van der Waals surface area contributed by atoms with E-state index in [0.29, 0.717) is 0 Å². The Morgan fingerprint density at radius 1 is 0.760 bits per heavy atom. The van der Waals surface area contributed by atoms with Crippen molar-refractivity contribution in [2.45, 2.75) is 6.92 Å². The van der Waals surface area contributed by atoms with Crippen molar-refractivity contribution < 1.29 is 9.05 Å². The minimum absolute atomic E-state index is 0.0763. The largest absolute Gasteiger partial charge is 0.441 e. The molecule has 1 unspecified atom stereocenters. The second-order valence-electron chi connectivity index (χ2n) is 5.48. The lowest BCUT2D eigenvalue weighted by Crippen LogP contribution is -1.85. The van der Waals surface area contributed by atoms with Crippen molar-refractivity contribution in [3.63, 3.8) is 0 Å². The Balaban J connectivity index is 1.57. The molecule has 0 aliphatic heterocycles. The lowest BCUT2D eigenvalue weighted by molar-refractivity contribution is 0.516. The summed E-state index contributed by atoms with van der Waals surface area (Å²) in [5.74, 6) is 1.58. The first-order chi connectivity index (χ1) is 12.2. The molecule has 0 aliphatic carbocycles. The lowest BCUT2D eigenvalue weighted by atomic mass is 10.1. The first-order valence-electron chi connectivity index (χ1n) is 7.89. The summed E-state index contributed by atoms with van der Waals surface area (Å²) in [5, 5.41) is 0.790. The molecular weight excluding hydrogens is 351 g/mol. The molecule has 0 aliphatic rings. The van der Waals surface area contributed by atoms with E-state index in [2.05, 4.69) is 0 Å². The highest BCUT2D eigenvalue weighted by molar-refractivity contribution is 7.27. The molecule has 0 bridgehead atoms. The number of hydrogen-bond acceptors (Lipinski definition) is 2. The minimum Gasteiger partial charge on any atom is -0.441 e. The summed E-state index contributed by atoms with van der Waals surface area (Å²) in [4.78, 5) is 0. The molecule has 4 heteroatoms. The van der Waals surface area contributed by atoms with E-state index in [1.807, 2.05) is 91.9 Å². The highest BCUT2D eigenvalue weighted by atomic mass is 35.5. The van der Waals surface area contributed by atoms with Crippen LogP contribution in [0.2, 0.25) is 5.02 Å². The SMILES string of the molecule is Cc1cccc(/C=C/c2ccc(OPOc3ccccc3)cc2)c1Cl. The molecule has 3 aromatic carbocycles. The maximum absolute atomic E-state index is 6.31. The molecule has 126 valence electrons. The van der Waals surface area contributed by atoms with Gasteiger partial charge in [0.05, 0.1) is 5.02 Å². The summed E-state index contributed by atoms with van der Waals surface area (Å²) in [6.45, 7) is 2.00. The molecule has 0 spiro atoms. The number of hydrogen-bond donors (Lipinski definition) is 0. The monoisotopic (exact) mass is 368 g/mol. The highest BCUT2D eigenvalue weighted by Gasteiger charge is 1.99. The van der Waals surface area contributed by atoms with Crippen LogP contribution in [0.1, 0.15) is 16.7 Å². The van der Waals surface area contributed by atoms with Gasteiger partial charge in [-0.25, -0.2) is 0 Å². The second-order valence-corrected chi connectivity index (χ2v) is 6.43. The highest BCUT2D eigenvalue weighted by Crippen LogP contribution is 2.26. The average Bonchev–Trinajstić information content (AvgIpc) is 2.65. The fourth-order valence-electron chi connectivity index (χ4n) is 2.24. The Labute approximate surface area is 155 Å². The van der Waals surface area contributed by atoms with Gasteiger partial charge in [-0.05, 0) is 47.9 Å². The van der Waals surface area contributed by atoms with E-state index in [1.54, 1.807) is 0 Å². The van der Waals surface area contributed by atoms with Crippen LogP contribution < -0.4 is 9.05 Å². The number of halogens is 1. The van der Waals surface area contributed by atoms with E-state index < -0.39 is 0 Å². The Morgan fingerprint density at radius 3 is 2.16 bits per heavy atom. The molecule has 0 fully saturated rings. The van der Waals surface area contributed by atoms with Gasteiger partial charge < -0.3 is 9.05 Å². The quantitative estimate of drug-likeness (QED) is 0.352. The Kier molecular flexibility index (Phi) is 6.11. The topological polar surface area (TPSA) is 18.5 Å². The van der Waals surface area contributed by atoms with E-state index in [9.17, 15) is 0 Å². The molecule has 0 saturated carbocycles. The molecular formula is C21H18ClO2P. The van der Waals surface area contributed by atoms with Crippen molar-refractivity contribution in [3.05, 3.63) is 94.5 Å². The molecule has 0 saturated heterocycles. The number of para-hydroxylation sites is 1. The Bertz CT molecular complexity index is 846. The smallest absolute Gasteiger partial charge is 0.275 e. The van der Waals surface area contributed by atoms with Gasteiger partial charge in [0.2, 0.25) is 0 Å². The molecule has 2 nitrogen and oxygen atoms in total. The van der Waals surface area contributed by atoms with E-state index in [-0.39, 0.29) is 9.03 Å². The molecule has 3 rings (SSSR count). The van der Waals surface area contributed by atoms with Crippen LogP contribution >= 0.6 is 20.6 Å². The second kappa shape index (κ2) is 8.71. The molecule has 0 aromatic heterocycles. The van der Waals surface area contributed by atoms with Crippen molar-refractivity contribution in [2.24, 2.45) is 0 Å². The fraction of sp³-hybridized carbons (Fsp3) is 0.0476. The summed E-state index contributed by atoms with van der Waals surface area (Å²) in [6.07, 6.45) is 4.05. The number of benzene rings is 3. The summed E-state index contributed by atoms with van der Waals surface area (Å²) in [5.41, 5.74) is 3.17. The van der Waals surface area contributed by atoms with Crippen molar-refractivity contribution in [2.75, 3.05) is 0 Å². The molecule has 0 N–H and O–H groups in total. The molecule has 25 heavy (non-hydrogen) atoms. The van der Waals surface area contributed by atoms with E-state index in [4.69, 9.17) is 20.6 Å². The number of rotatable bonds is 6. The molecule has 3 aromatic rings. The van der Waals surface area contributed by atoms with Gasteiger partial charge in [0, 0.05) is 0 Å². The van der Waals surface area contributed by atoms with Gasteiger partial charge >= 0.3 is 0 Å². The zero-order valence-corrected chi connectivity index (χ0v) is 15.5. The third-order valence-corrected chi connectivity index (χ3v) is 4.77. The third kappa shape index (κ3) is 5.09. The number of aryl methyl sites for hydroxylation is 1. The van der Waals surface area contributed by atoms with Crippen LogP contribution in [-0.4, -0.2) is 0 Å². The summed E-state index contributed by atoms with van der Waals surface area (Å²) in [6, 6.07) is 23.5. The molecule has 0 heterocycles. The van der Waals surface area contributed by atoms with Crippen molar-refractivity contribution in [1.82, 2.24) is 0 Å². The van der Waals surface area contributed by atoms with Crippen LogP contribution in [0, 0.1) is 6.92 Å². The average molecular weight is 369 g/mol. The van der Waals surface area contributed by atoms with Crippen LogP contribution in [0.15, 0.2) is 72.8 Å². The summed E-state index contributed by atoms with van der Waals surface area (Å²) >= 11 is 6.31. The van der Waals surface area contributed by atoms with Crippen molar-refractivity contribution in [3.8, 4) is 11.5 Å². The van der Waals surface area contributed by atoms with Crippen LogP contribution in [-0.2, 0) is 0 Å². The van der Waals surface area contributed by atoms with Gasteiger partial charge in [-0.15, -0.1) is 0 Å². The normalized spacial score (nSPS) is 11.3. The van der Waals surface area contributed by atoms with Crippen LogP contribution in [0.25, 0.3) is 12.2 Å². The van der Waals surface area contributed by atoms with E-state index in [1.165, 1.54) is 0 Å². The van der Waals surface area contributed by atoms with Crippen LogP contribution in [0.5, 0.6) is 11.5 Å². The zero-order chi connectivity index (χ0) is 17.5. The van der Waals surface area contributed by atoms with Gasteiger partial charge in [-0.2, -0.15) is 0 Å². The van der Waals surface area contributed by atoms with Crippen molar-refractivity contribution >= 4 is 32.8 Å². The first-order valence-corrected chi connectivity index (χ1v) is 9.09. The van der Waals surface area contributed by atoms with Crippen LogP contribution in [0.4, 0.5) is 0 Å². The molecule has 1 atom stereocenters. The van der Waals surface area contributed by atoms with Crippen LogP contribution in [0.3, 0.4) is 0 Å². The summed E-state index contributed by atoms with van der Waals surface area (Å²) < 4.78 is 11.2. The van der Waals surface area contributed by atoms with Crippen molar-refractivity contribution in [1.29, 1.82) is 0 Å². The summed E-state index contributed by atoms with van der Waals surface area (Å²) in [7, 11) is -0.0763. The van der Waals surface area contributed by atoms with E-state index >= 15 is 0 Å². The van der Waals surface area contributed by atoms with Gasteiger partial charge in [0.1, 0.15) is 11.5 Å². The van der Waals surface area contributed by atoms with Gasteiger partial charge in [0.25, 0.3) is 9.03 Å². The third-order valence-electron chi connectivity index (χ3n) is 3.62.